The summed E-state index contributed by atoms with van der Waals surface area (Å²) >= 11 is 0. The van der Waals surface area contributed by atoms with Gasteiger partial charge in [0.2, 0.25) is 5.91 Å². The first-order valence-corrected chi connectivity index (χ1v) is 8.03. The van der Waals surface area contributed by atoms with E-state index in [1.165, 1.54) is 0 Å². The Kier molecular flexibility index (Phi) is 5.39. The van der Waals surface area contributed by atoms with Crippen molar-refractivity contribution >= 4 is 5.91 Å². The van der Waals surface area contributed by atoms with Crippen LogP contribution in [0, 0.1) is 5.92 Å². The lowest BCUT2D eigenvalue weighted by Gasteiger charge is -2.34. The van der Waals surface area contributed by atoms with Crippen LogP contribution in [0.3, 0.4) is 0 Å². The molecule has 2 rings (SSSR count). The number of nitrogens with zero attached hydrogens (tertiary/aromatic N) is 3. The van der Waals surface area contributed by atoms with Crippen LogP contribution in [0.25, 0.3) is 0 Å². The minimum Gasteiger partial charge on any atom is -0.342 e. The predicted octanol–water partition coefficient (Wildman–Crippen LogP) is 1.98. The number of piperidine rings is 1. The normalized spacial score (nSPS) is 20.8. The number of rotatable bonds is 5. The Morgan fingerprint density at radius 2 is 2.24 bits per heavy atom. The number of likely N-dealkylation sites (tertiary alicyclic amines) is 1. The van der Waals surface area contributed by atoms with Crippen LogP contribution in [-0.2, 0) is 11.3 Å². The van der Waals surface area contributed by atoms with Gasteiger partial charge >= 0.3 is 0 Å². The molecule has 1 aromatic rings. The van der Waals surface area contributed by atoms with E-state index in [2.05, 4.69) is 23.4 Å². The lowest BCUT2D eigenvalue weighted by Crippen LogP contribution is -2.45. The van der Waals surface area contributed by atoms with Gasteiger partial charge in [-0.2, -0.15) is 0 Å². The van der Waals surface area contributed by atoms with Gasteiger partial charge in [-0.3, -0.25) is 4.79 Å². The molecule has 1 amide bonds. The maximum atomic E-state index is 12.4. The number of nitrogens with two attached hydrogens (primary N) is 1. The van der Waals surface area contributed by atoms with Crippen molar-refractivity contribution in [1.82, 2.24) is 14.5 Å². The zero-order chi connectivity index (χ0) is 15.4. The van der Waals surface area contributed by atoms with E-state index in [9.17, 15) is 4.79 Å². The summed E-state index contributed by atoms with van der Waals surface area (Å²) in [4.78, 5) is 18.7. The molecule has 0 aromatic carbocycles. The smallest absolute Gasteiger partial charge is 0.224 e. The summed E-state index contributed by atoms with van der Waals surface area (Å²) in [5.74, 6) is 2.12. The second-order valence-corrected chi connectivity index (χ2v) is 6.48. The molecule has 1 saturated heterocycles. The Hall–Kier alpha value is -1.36. The van der Waals surface area contributed by atoms with Gasteiger partial charge in [0, 0.05) is 50.4 Å². The van der Waals surface area contributed by atoms with Gasteiger partial charge in [-0.1, -0.05) is 13.8 Å². The van der Waals surface area contributed by atoms with Crippen molar-refractivity contribution in [3.05, 3.63) is 18.2 Å². The van der Waals surface area contributed by atoms with Gasteiger partial charge in [-0.25, -0.2) is 4.98 Å². The van der Waals surface area contributed by atoms with Gasteiger partial charge in [0.1, 0.15) is 5.82 Å². The summed E-state index contributed by atoms with van der Waals surface area (Å²) in [6.07, 6.45) is 6.53. The molecule has 2 N–H and O–H groups in total. The van der Waals surface area contributed by atoms with Crippen molar-refractivity contribution in [1.29, 1.82) is 0 Å². The fourth-order valence-corrected chi connectivity index (χ4v) is 3.05. The topological polar surface area (TPSA) is 64.2 Å². The van der Waals surface area contributed by atoms with E-state index in [1.54, 1.807) is 0 Å². The Morgan fingerprint density at radius 1 is 1.48 bits per heavy atom. The number of aryl methyl sites for hydroxylation is 1. The second-order valence-electron chi connectivity index (χ2n) is 6.48. The molecule has 0 bridgehead atoms. The van der Waals surface area contributed by atoms with Gasteiger partial charge in [0.05, 0.1) is 0 Å². The van der Waals surface area contributed by atoms with Gasteiger partial charge < -0.3 is 15.2 Å². The lowest BCUT2D eigenvalue weighted by molar-refractivity contribution is -0.133. The molecule has 5 nitrogen and oxygen atoms in total. The first-order valence-electron chi connectivity index (χ1n) is 8.03. The van der Waals surface area contributed by atoms with Crippen LogP contribution in [0.5, 0.6) is 0 Å². The van der Waals surface area contributed by atoms with E-state index in [0.717, 1.165) is 31.8 Å². The monoisotopic (exact) mass is 292 g/mol. The summed E-state index contributed by atoms with van der Waals surface area (Å²) in [5, 5.41) is 0. The summed E-state index contributed by atoms with van der Waals surface area (Å²) < 4.78 is 2.09. The number of amides is 1. The number of carbonyl (C=O) groups is 1. The average molecular weight is 292 g/mol. The molecular formula is C16H28N4O. The molecular weight excluding hydrogens is 264 g/mol. The van der Waals surface area contributed by atoms with Crippen LogP contribution in [0.15, 0.2) is 12.4 Å². The molecule has 2 atom stereocenters. The molecule has 5 heteroatoms. The van der Waals surface area contributed by atoms with E-state index in [0.29, 0.717) is 24.8 Å². The Bertz CT molecular complexity index is 467. The molecule has 118 valence electrons. The van der Waals surface area contributed by atoms with Gasteiger partial charge in [-0.05, 0) is 25.7 Å². The zero-order valence-corrected chi connectivity index (χ0v) is 13.5. The van der Waals surface area contributed by atoms with Crippen LogP contribution in [-0.4, -0.2) is 39.5 Å². The molecule has 0 aliphatic carbocycles. The van der Waals surface area contributed by atoms with Crippen molar-refractivity contribution in [2.24, 2.45) is 11.7 Å². The third-order valence-electron chi connectivity index (χ3n) is 4.38. The summed E-state index contributed by atoms with van der Waals surface area (Å²) in [6.45, 7) is 8.70. The molecule has 1 fully saturated rings. The maximum Gasteiger partial charge on any atom is 0.224 e. The highest BCUT2D eigenvalue weighted by molar-refractivity contribution is 5.76. The molecule has 0 saturated carbocycles. The van der Waals surface area contributed by atoms with Crippen LogP contribution in [0.4, 0.5) is 0 Å². The van der Waals surface area contributed by atoms with E-state index in [4.69, 9.17) is 5.73 Å². The number of hydrogen-bond acceptors (Lipinski definition) is 3. The number of imidazole rings is 1. The van der Waals surface area contributed by atoms with Crippen molar-refractivity contribution < 1.29 is 4.79 Å². The first-order chi connectivity index (χ1) is 9.99. The van der Waals surface area contributed by atoms with E-state index in [1.807, 2.05) is 24.2 Å². The van der Waals surface area contributed by atoms with Gasteiger partial charge in [-0.15, -0.1) is 0 Å². The minimum atomic E-state index is 0.168. The van der Waals surface area contributed by atoms with Crippen LogP contribution < -0.4 is 5.73 Å². The largest absolute Gasteiger partial charge is 0.342 e. The maximum absolute atomic E-state index is 12.4. The van der Waals surface area contributed by atoms with Gasteiger partial charge in [0.15, 0.2) is 0 Å². The van der Waals surface area contributed by atoms with E-state index < -0.39 is 0 Å². The number of hydrogen-bond donors (Lipinski definition) is 1. The minimum absolute atomic E-state index is 0.168. The predicted molar refractivity (Wildman–Crippen MR) is 83.9 cm³/mol. The molecule has 1 aliphatic rings. The molecule has 1 aromatic heterocycles. The van der Waals surface area contributed by atoms with Crippen molar-refractivity contribution in [3.8, 4) is 0 Å². The molecule has 2 heterocycles. The third kappa shape index (κ3) is 4.06. The van der Waals surface area contributed by atoms with Crippen molar-refractivity contribution in [3.63, 3.8) is 0 Å². The van der Waals surface area contributed by atoms with Crippen LogP contribution >= 0.6 is 0 Å². The highest BCUT2D eigenvalue weighted by atomic mass is 16.2. The highest BCUT2D eigenvalue weighted by Crippen LogP contribution is 2.20. The number of carbonyl (C=O) groups excluding carboxylic acids is 1. The Labute approximate surface area is 127 Å². The molecule has 0 spiro atoms. The first kappa shape index (κ1) is 16.0. The van der Waals surface area contributed by atoms with Crippen molar-refractivity contribution in [2.75, 3.05) is 13.1 Å². The molecule has 1 aliphatic heterocycles. The summed E-state index contributed by atoms with van der Waals surface area (Å²) in [6, 6.07) is 0.168. The second kappa shape index (κ2) is 7.07. The lowest BCUT2D eigenvalue weighted by atomic mass is 9.92. The fraction of sp³-hybridized carbons (Fsp3) is 0.750. The van der Waals surface area contributed by atoms with E-state index in [-0.39, 0.29) is 11.9 Å². The summed E-state index contributed by atoms with van der Waals surface area (Å²) in [5.41, 5.74) is 5.98. The molecule has 0 unspecified atom stereocenters. The fourth-order valence-electron chi connectivity index (χ4n) is 3.05. The summed E-state index contributed by atoms with van der Waals surface area (Å²) in [7, 11) is 0. The van der Waals surface area contributed by atoms with Crippen LogP contribution in [0.2, 0.25) is 0 Å². The highest BCUT2D eigenvalue weighted by Gasteiger charge is 2.25. The molecule has 0 radical (unpaired) electrons. The SMILES string of the molecule is CC(C)c1nccn1CCC(=O)N1CCC[C@@H]([C@@H](C)N)C1. The van der Waals surface area contributed by atoms with Crippen LogP contribution in [0.1, 0.15) is 51.8 Å². The Morgan fingerprint density at radius 3 is 2.90 bits per heavy atom. The molecule has 21 heavy (non-hydrogen) atoms. The van der Waals surface area contributed by atoms with Gasteiger partial charge in [0.25, 0.3) is 0 Å². The van der Waals surface area contributed by atoms with Crippen molar-refractivity contribution in [2.45, 2.75) is 58.5 Å². The van der Waals surface area contributed by atoms with E-state index >= 15 is 0 Å². The standard InChI is InChI=1S/C16H28N4O/c1-12(2)16-18-7-10-19(16)9-6-15(21)20-8-4-5-14(11-20)13(3)17/h7,10,12-14H,4-6,8-9,11,17H2,1-3H3/t13-,14-/m1/s1. The third-order valence-corrected chi connectivity index (χ3v) is 4.38. The Balaban J connectivity index is 1.88. The zero-order valence-electron chi connectivity index (χ0n) is 13.5. The number of aromatic nitrogens is 2. The average Bonchev–Trinajstić information content (AvgIpc) is 2.93. The quantitative estimate of drug-likeness (QED) is 0.902.